The van der Waals surface area contributed by atoms with Crippen molar-refractivity contribution >= 4 is 11.6 Å². The van der Waals surface area contributed by atoms with Gasteiger partial charge in [0, 0.05) is 18.9 Å². The van der Waals surface area contributed by atoms with Crippen molar-refractivity contribution < 1.29 is 9.53 Å². The molecular formula is C9H10N2O2. The van der Waals surface area contributed by atoms with Crippen molar-refractivity contribution in [3.05, 3.63) is 17.8 Å². The van der Waals surface area contributed by atoms with Crippen LogP contribution in [0.25, 0.3) is 0 Å². The fourth-order valence-electron chi connectivity index (χ4n) is 1.34. The third kappa shape index (κ3) is 1.47. The van der Waals surface area contributed by atoms with E-state index in [-0.39, 0.29) is 5.91 Å². The fraction of sp³-hybridized carbons (Fsp3) is 0.333. The summed E-state index contributed by atoms with van der Waals surface area (Å²) in [5.41, 5.74) is 1.70. The number of ether oxygens (including phenoxy) is 1. The summed E-state index contributed by atoms with van der Waals surface area (Å²) in [7, 11) is 1.58. The smallest absolute Gasteiger partial charge is 0.224 e. The van der Waals surface area contributed by atoms with Gasteiger partial charge in [-0.1, -0.05) is 0 Å². The molecule has 0 bridgehead atoms. The van der Waals surface area contributed by atoms with Gasteiger partial charge < -0.3 is 10.1 Å². The van der Waals surface area contributed by atoms with E-state index in [1.54, 1.807) is 13.2 Å². The standard InChI is InChI=1S/C9H10N2O2/c1-13-9-5-3-6-7(11-9)2-4-8(12)10-6/h3,5H,2,4H2,1H3,(H,10,12). The van der Waals surface area contributed by atoms with Gasteiger partial charge in [-0.15, -0.1) is 0 Å². The van der Waals surface area contributed by atoms with Crippen LogP contribution < -0.4 is 10.1 Å². The summed E-state index contributed by atoms with van der Waals surface area (Å²) in [6, 6.07) is 3.56. The third-order valence-electron chi connectivity index (χ3n) is 2.02. The summed E-state index contributed by atoms with van der Waals surface area (Å²) in [6.45, 7) is 0. The van der Waals surface area contributed by atoms with E-state index in [9.17, 15) is 4.79 Å². The largest absolute Gasteiger partial charge is 0.481 e. The molecule has 1 N–H and O–H groups in total. The number of methoxy groups -OCH3 is 1. The molecule has 0 saturated carbocycles. The lowest BCUT2D eigenvalue weighted by molar-refractivity contribution is -0.116. The van der Waals surface area contributed by atoms with Gasteiger partial charge in [-0.3, -0.25) is 4.79 Å². The van der Waals surface area contributed by atoms with Crippen LogP contribution >= 0.6 is 0 Å². The first-order chi connectivity index (χ1) is 6.29. The second-order valence-corrected chi connectivity index (χ2v) is 2.90. The summed E-state index contributed by atoms with van der Waals surface area (Å²) < 4.78 is 4.98. The normalized spacial score (nSPS) is 14.7. The molecule has 0 aromatic carbocycles. The minimum Gasteiger partial charge on any atom is -0.481 e. The molecule has 1 amide bonds. The molecule has 4 nitrogen and oxygen atoms in total. The molecule has 2 heterocycles. The summed E-state index contributed by atoms with van der Waals surface area (Å²) in [6.07, 6.45) is 1.20. The number of carbonyl (C=O) groups excluding carboxylic acids is 1. The van der Waals surface area contributed by atoms with Crippen LogP contribution in [0.2, 0.25) is 0 Å². The Bertz CT molecular complexity index is 349. The van der Waals surface area contributed by atoms with E-state index >= 15 is 0 Å². The Labute approximate surface area is 75.9 Å². The zero-order valence-electron chi connectivity index (χ0n) is 7.33. The van der Waals surface area contributed by atoms with Gasteiger partial charge in [0.2, 0.25) is 11.8 Å². The van der Waals surface area contributed by atoms with Crippen molar-refractivity contribution in [3.63, 3.8) is 0 Å². The van der Waals surface area contributed by atoms with Gasteiger partial charge in [-0.2, -0.15) is 0 Å². The van der Waals surface area contributed by atoms with Crippen LogP contribution in [0.1, 0.15) is 12.1 Å². The average Bonchev–Trinajstić information content (AvgIpc) is 2.17. The SMILES string of the molecule is COc1ccc2c(n1)CCC(=O)N2. The van der Waals surface area contributed by atoms with Crippen LogP contribution in [0, 0.1) is 0 Å². The van der Waals surface area contributed by atoms with E-state index in [0.29, 0.717) is 18.7 Å². The summed E-state index contributed by atoms with van der Waals surface area (Å²) >= 11 is 0. The van der Waals surface area contributed by atoms with Gasteiger partial charge in [0.1, 0.15) is 0 Å². The Hall–Kier alpha value is -1.58. The van der Waals surface area contributed by atoms with E-state index in [1.807, 2.05) is 6.07 Å². The summed E-state index contributed by atoms with van der Waals surface area (Å²) in [5.74, 6) is 0.648. The number of anilines is 1. The number of amides is 1. The van der Waals surface area contributed by atoms with Crippen LogP contribution in [0.15, 0.2) is 12.1 Å². The number of nitrogens with zero attached hydrogens (tertiary/aromatic N) is 1. The molecule has 2 rings (SSSR count). The number of hydrogen-bond donors (Lipinski definition) is 1. The Morgan fingerprint density at radius 2 is 2.31 bits per heavy atom. The van der Waals surface area contributed by atoms with Gasteiger partial charge in [0.15, 0.2) is 0 Å². The van der Waals surface area contributed by atoms with E-state index < -0.39 is 0 Å². The lowest BCUT2D eigenvalue weighted by Gasteiger charge is -2.15. The third-order valence-corrected chi connectivity index (χ3v) is 2.02. The predicted molar refractivity (Wildman–Crippen MR) is 47.7 cm³/mol. The van der Waals surface area contributed by atoms with Crippen LogP contribution in [0.3, 0.4) is 0 Å². The number of nitrogens with one attached hydrogen (secondary N) is 1. The lowest BCUT2D eigenvalue weighted by Crippen LogP contribution is -2.19. The van der Waals surface area contributed by atoms with Crippen molar-refractivity contribution in [1.29, 1.82) is 0 Å². The highest BCUT2D eigenvalue weighted by Gasteiger charge is 2.15. The van der Waals surface area contributed by atoms with Crippen LogP contribution in [0.5, 0.6) is 5.88 Å². The van der Waals surface area contributed by atoms with E-state index in [1.165, 1.54) is 0 Å². The highest BCUT2D eigenvalue weighted by molar-refractivity contribution is 5.93. The molecule has 0 unspecified atom stereocenters. The number of hydrogen-bond acceptors (Lipinski definition) is 3. The first-order valence-electron chi connectivity index (χ1n) is 4.13. The van der Waals surface area contributed by atoms with Crippen molar-refractivity contribution in [3.8, 4) is 5.88 Å². The topological polar surface area (TPSA) is 51.2 Å². The van der Waals surface area contributed by atoms with Crippen molar-refractivity contribution in [2.75, 3.05) is 12.4 Å². The molecule has 1 aromatic heterocycles. The minimum atomic E-state index is 0.0551. The molecule has 4 heteroatoms. The quantitative estimate of drug-likeness (QED) is 0.697. The zero-order valence-corrected chi connectivity index (χ0v) is 7.33. The number of rotatable bonds is 1. The molecule has 1 aromatic rings. The second kappa shape index (κ2) is 3.05. The Morgan fingerprint density at radius 1 is 1.46 bits per heavy atom. The zero-order chi connectivity index (χ0) is 9.26. The van der Waals surface area contributed by atoms with E-state index in [4.69, 9.17) is 4.74 Å². The second-order valence-electron chi connectivity index (χ2n) is 2.90. The van der Waals surface area contributed by atoms with Crippen LogP contribution in [-0.2, 0) is 11.2 Å². The van der Waals surface area contributed by atoms with Crippen molar-refractivity contribution in [2.45, 2.75) is 12.8 Å². The molecule has 13 heavy (non-hydrogen) atoms. The predicted octanol–water partition coefficient (Wildman–Crippen LogP) is 0.975. The molecule has 0 spiro atoms. The molecule has 0 atom stereocenters. The maximum atomic E-state index is 11.0. The van der Waals surface area contributed by atoms with Gasteiger partial charge in [0.25, 0.3) is 0 Å². The number of pyridine rings is 1. The van der Waals surface area contributed by atoms with Crippen molar-refractivity contribution in [2.24, 2.45) is 0 Å². The molecule has 0 aliphatic carbocycles. The molecule has 68 valence electrons. The molecule has 0 saturated heterocycles. The van der Waals surface area contributed by atoms with Crippen LogP contribution in [0.4, 0.5) is 5.69 Å². The molecule has 1 aliphatic heterocycles. The minimum absolute atomic E-state index is 0.0551. The van der Waals surface area contributed by atoms with Gasteiger partial charge in [-0.25, -0.2) is 4.98 Å². The molecule has 1 aliphatic rings. The highest BCUT2D eigenvalue weighted by atomic mass is 16.5. The average molecular weight is 178 g/mol. The molecule has 0 fully saturated rings. The van der Waals surface area contributed by atoms with Crippen LogP contribution in [-0.4, -0.2) is 18.0 Å². The molecular weight excluding hydrogens is 168 g/mol. The number of carbonyl (C=O) groups is 1. The fourth-order valence-corrected chi connectivity index (χ4v) is 1.34. The monoisotopic (exact) mass is 178 g/mol. The number of aromatic nitrogens is 1. The van der Waals surface area contributed by atoms with E-state index in [0.717, 1.165) is 11.4 Å². The first kappa shape index (κ1) is 8.04. The Balaban J connectivity index is 2.36. The summed E-state index contributed by atoms with van der Waals surface area (Å²) in [5, 5.41) is 2.75. The molecule has 0 radical (unpaired) electrons. The summed E-state index contributed by atoms with van der Waals surface area (Å²) in [4.78, 5) is 15.2. The van der Waals surface area contributed by atoms with Gasteiger partial charge in [-0.05, 0) is 6.07 Å². The van der Waals surface area contributed by atoms with Gasteiger partial charge in [0.05, 0.1) is 18.5 Å². The maximum Gasteiger partial charge on any atom is 0.224 e. The lowest BCUT2D eigenvalue weighted by atomic mass is 10.1. The maximum absolute atomic E-state index is 11.0. The van der Waals surface area contributed by atoms with E-state index in [2.05, 4.69) is 10.3 Å². The first-order valence-corrected chi connectivity index (χ1v) is 4.13. The van der Waals surface area contributed by atoms with Crippen molar-refractivity contribution in [1.82, 2.24) is 4.98 Å². The Morgan fingerprint density at radius 3 is 3.08 bits per heavy atom. The van der Waals surface area contributed by atoms with Gasteiger partial charge >= 0.3 is 0 Å². The highest BCUT2D eigenvalue weighted by Crippen LogP contribution is 2.22. The number of aryl methyl sites for hydroxylation is 1. The number of fused-ring (bicyclic) bond motifs is 1. The Kier molecular flexibility index (Phi) is 1.88.